The normalized spacial score (nSPS) is 40.2. The average Bonchev–Trinajstić information content (AvgIpc) is 2.25. The van der Waals surface area contributed by atoms with Crippen molar-refractivity contribution in [3.63, 3.8) is 0 Å². The number of hydrogen-bond donors (Lipinski definition) is 1. The standard InChI is InChI=1S/C18H30O2/c1-12-11-15(20)16-17(3,4)9-6-10-18(16,5)14(12)8-7-13(2)19/h14-16,20H,1,6-11H2,2-5H3/t14-,15-,16-,18+/m0/s1. The number of aliphatic hydroxyl groups excluding tert-OH is 1. The molecule has 2 nitrogen and oxygen atoms in total. The molecule has 0 unspecified atom stereocenters. The van der Waals surface area contributed by atoms with E-state index in [1.54, 1.807) is 6.92 Å². The summed E-state index contributed by atoms with van der Waals surface area (Å²) < 4.78 is 0. The predicted octanol–water partition coefficient (Wildman–Crippen LogP) is 4.13. The Labute approximate surface area is 123 Å². The first-order chi connectivity index (χ1) is 9.18. The molecule has 2 rings (SSSR count). The van der Waals surface area contributed by atoms with Crippen LogP contribution < -0.4 is 0 Å². The SMILES string of the molecule is C=C1C[C@H](O)[C@H]2C(C)(C)CCC[C@]2(C)[C@H]1CCC(C)=O. The number of rotatable bonds is 3. The summed E-state index contributed by atoms with van der Waals surface area (Å²) in [5.74, 6) is 0.977. The zero-order valence-electron chi connectivity index (χ0n) is 13.5. The van der Waals surface area contributed by atoms with Gasteiger partial charge in [-0.2, -0.15) is 0 Å². The van der Waals surface area contributed by atoms with Crippen molar-refractivity contribution in [3.8, 4) is 0 Å². The quantitative estimate of drug-likeness (QED) is 0.788. The van der Waals surface area contributed by atoms with Crippen LogP contribution in [0.25, 0.3) is 0 Å². The summed E-state index contributed by atoms with van der Waals surface area (Å²) in [7, 11) is 0. The summed E-state index contributed by atoms with van der Waals surface area (Å²) >= 11 is 0. The summed E-state index contributed by atoms with van der Waals surface area (Å²) in [4.78, 5) is 11.4. The highest BCUT2D eigenvalue weighted by molar-refractivity contribution is 5.75. The van der Waals surface area contributed by atoms with Gasteiger partial charge in [-0.3, -0.25) is 0 Å². The molecule has 0 spiro atoms. The van der Waals surface area contributed by atoms with Gasteiger partial charge in [0, 0.05) is 6.42 Å². The first-order valence-electron chi connectivity index (χ1n) is 8.03. The highest BCUT2D eigenvalue weighted by Gasteiger charge is 2.56. The molecule has 0 aromatic heterocycles. The Morgan fingerprint density at radius 3 is 2.60 bits per heavy atom. The van der Waals surface area contributed by atoms with Gasteiger partial charge < -0.3 is 9.90 Å². The molecule has 0 saturated heterocycles. The van der Waals surface area contributed by atoms with Crippen molar-refractivity contribution in [3.05, 3.63) is 12.2 Å². The molecule has 20 heavy (non-hydrogen) atoms. The number of carbonyl (C=O) groups excluding carboxylic acids is 1. The van der Waals surface area contributed by atoms with Crippen molar-refractivity contribution in [2.75, 3.05) is 0 Å². The van der Waals surface area contributed by atoms with Crippen LogP contribution >= 0.6 is 0 Å². The Balaban J connectivity index is 2.32. The first-order valence-corrected chi connectivity index (χ1v) is 8.03. The molecule has 2 aliphatic carbocycles. The van der Waals surface area contributed by atoms with Crippen LogP contribution in [-0.4, -0.2) is 17.0 Å². The molecule has 0 aliphatic heterocycles. The summed E-state index contributed by atoms with van der Waals surface area (Å²) in [6, 6.07) is 0. The molecule has 0 aromatic rings. The van der Waals surface area contributed by atoms with E-state index in [9.17, 15) is 9.90 Å². The van der Waals surface area contributed by atoms with Crippen molar-refractivity contribution in [1.29, 1.82) is 0 Å². The lowest BCUT2D eigenvalue weighted by Crippen LogP contribution is -2.55. The third-order valence-corrected chi connectivity index (χ3v) is 6.02. The van der Waals surface area contributed by atoms with Gasteiger partial charge in [0.2, 0.25) is 0 Å². The number of aliphatic hydroxyl groups is 1. The van der Waals surface area contributed by atoms with Crippen LogP contribution in [0.3, 0.4) is 0 Å². The molecule has 0 amide bonds. The van der Waals surface area contributed by atoms with Crippen molar-refractivity contribution in [1.82, 2.24) is 0 Å². The predicted molar refractivity (Wildman–Crippen MR) is 82.4 cm³/mol. The lowest BCUT2D eigenvalue weighted by molar-refractivity contribution is -0.125. The van der Waals surface area contributed by atoms with Crippen LogP contribution in [0, 0.1) is 22.7 Å². The molecule has 0 heterocycles. The fraction of sp³-hybridized carbons (Fsp3) is 0.833. The zero-order chi connectivity index (χ0) is 15.1. The van der Waals surface area contributed by atoms with Gasteiger partial charge in [0.1, 0.15) is 5.78 Å². The Morgan fingerprint density at radius 2 is 2.00 bits per heavy atom. The maximum absolute atomic E-state index is 11.4. The number of Topliss-reactive ketones (excluding diaryl/α,β-unsaturated/α-hetero) is 1. The second-order valence-electron chi connectivity index (χ2n) is 8.05. The number of hydrogen-bond acceptors (Lipinski definition) is 2. The van der Waals surface area contributed by atoms with Crippen LogP contribution in [0.5, 0.6) is 0 Å². The van der Waals surface area contributed by atoms with Gasteiger partial charge in [-0.25, -0.2) is 0 Å². The molecule has 2 fully saturated rings. The second-order valence-corrected chi connectivity index (χ2v) is 8.05. The number of ketones is 1. The molecule has 0 bridgehead atoms. The summed E-state index contributed by atoms with van der Waals surface area (Å²) in [6.07, 6.45) is 5.56. The molecule has 0 aromatic carbocycles. The molecule has 114 valence electrons. The van der Waals surface area contributed by atoms with Crippen molar-refractivity contribution < 1.29 is 9.90 Å². The average molecular weight is 278 g/mol. The second kappa shape index (κ2) is 5.29. The van der Waals surface area contributed by atoms with E-state index in [1.165, 1.54) is 12.8 Å². The zero-order valence-corrected chi connectivity index (χ0v) is 13.5. The molecule has 4 atom stereocenters. The smallest absolute Gasteiger partial charge is 0.129 e. The molecular formula is C18H30O2. The van der Waals surface area contributed by atoms with Gasteiger partial charge in [-0.05, 0) is 55.3 Å². The van der Waals surface area contributed by atoms with Gasteiger partial charge >= 0.3 is 0 Å². The summed E-state index contributed by atoms with van der Waals surface area (Å²) in [6.45, 7) is 12.8. The van der Waals surface area contributed by atoms with Gasteiger partial charge in [-0.15, -0.1) is 0 Å². The fourth-order valence-corrected chi connectivity index (χ4v) is 5.36. The topological polar surface area (TPSA) is 37.3 Å². The molecule has 2 saturated carbocycles. The number of carbonyl (C=O) groups is 1. The Bertz CT molecular complexity index is 410. The van der Waals surface area contributed by atoms with Gasteiger partial charge in [0.05, 0.1) is 6.10 Å². The maximum atomic E-state index is 11.4. The molecule has 2 aliphatic rings. The van der Waals surface area contributed by atoms with Crippen LogP contribution in [0.2, 0.25) is 0 Å². The third-order valence-electron chi connectivity index (χ3n) is 6.02. The number of fused-ring (bicyclic) bond motifs is 1. The van der Waals surface area contributed by atoms with Crippen molar-refractivity contribution >= 4 is 5.78 Å². The largest absolute Gasteiger partial charge is 0.392 e. The van der Waals surface area contributed by atoms with E-state index in [2.05, 4.69) is 27.4 Å². The molecule has 2 heteroatoms. The van der Waals surface area contributed by atoms with Crippen LogP contribution in [0.1, 0.15) is 66.2 Å². The van der Waals surface area contributed by atoms with Crippen LogP contribution in [0.15, 0.2) is 12.2 Å². The van der Waals surface area contributed by atoms with E-state index in [0.717, 1.165) is 18.4 Å². The van der Waals surface area contributed by atoms with Crippen molar-refractivity contribution in [2.24, 2.45) is 22.7 Å². The highest BCUT2D eigenvalue weighted by atomic mass is 16.3. The Hall–Kier alpha value is -0.630. The Kier molecular flexibility index (Phi) is 4.17. The minimum Gasteiger partial charge on any atom is -0.392 e. The van der Waals surface area contributed by atoms with Crippen molar-refractivity contribution in [2.45, 2.75) is 72.3 Å². The summed E-state index contributed by atoms with van der Waals surface area (Å²) in [5.41, 5.74) is 1.45. The maximum Gasteiger partial charge on any atom is 0.129 e. The minimum atomic E-state index is -0.267. The van der Waals surface area contributed by atoms with E-state index < -0.39 is 0 Å². The van der Waals surface area contributed by atoms with E-state index >= 15 is 0 Å². The fourth-order valence-electron chi connectivity index (χ4n) is 5.36. The highest BCUT2D eigenvalue weighted by Crippen LogP contribution is 2.61. The lowest BCUT2D eigenvalue weighted by Gasteiger charge is -2.59. The minimum absolute atomic E-state index is 0.103. The van der Waals surface area contributed by atoms with Crippen LogP contribution in [-0.2, 0) is 4.79 Å². The van der Waals surface area contributed by atoms with E-state index in [0.29, 0.717) is 24.7 Å². The van der Waals surface area contributed by atoms with Gasteiger partial charge in [-0.1, -0.05) is 39.3 Å². The third kappa shape index (κ3) is 2.59. The molecular weight excluding hydrogens is 248 g/mol. The van der Waals surface area contributed by atoms with E-state index in [-0.39, 0.29) is 22.7 Å². The molecule has 0 radical (unpaired) electrons. The van der Waals surface area contributed by atoms with E-state index in [4.69, 9.17) is 0 Å². The monoisotopic (exact) mass is 278 g/mol. The Morgan fingerprint density at radius 1 is 1.35 bits per heavy atom. The molecule has 1 N–H and O–H groups in total. The van der Waals surface area contributed by atoms with Gasteiger partial charge in [0.25, 0.3) is 0 Å². The van der Waals surface area contributed by atoms with E-state index in [1.807, 2.05) is 0 Å². The lowest BCUT2D eigenvalue weighted by atomic mass is 9.46. The first kappa shape index (κ1) is 15.8. The van der Waals surface area contributed by atoms with Gasteiger partial charge in [0.15, 0.2) is 0 Å². The summed E-state index contributed by atoms with van der Waals surface area (Å²) in [5, 5.41) is 10.6. The van der Waals surface area contributed by atoms with Crippen LogP contribution in [0.4, 0.5) is 0 Å².